The van der Waals surface area contributed by atoms with Crippen molar-refractivity contribution in [2.75, 3.05) is 29.5 Å². The topological polar surface area (TPSA) is 92.3 Å². The van der Waals surface area contributed by atoms with E-state index in [1.54, 1.807) is 6.07 Å². The van der Waals surface area contributed by atoms with Gasteiger partial charge in [-0.05, 0) is 32.3 Å². The fourth-order valence-electron chi connectivity index (χ4n) is 2.83. The summed E-state index contributed by atoms with van der Waals surface area (Å²) in [4.78, 5) is 23.4. The predicted molar refractivity (Wildman–Crippen MR) is 94.1 cm³/mol. The van der Waals surface area contributed by atoms with E-state index in [4.69, 9.17) is 0 Å². The van der Waals surface area contributed by atoms with Crippen molar-refractivity contribution in [2.24, 2.45) is 0 Å². The number of amides is 1. The molecule has 1 atom stereocenters. The Morgan fingerprint density at radius 2 is 1.96 bits per heavy atom. The van der Waals surface area contributed by atoms with E-state index in [0.29, 0.717) is 18.1 Å². The Labute approximate surface area is 143 Å². The number of rotatable bonds is 7. The maximum atomic E-state index is 12.4. The van der Waals surface area contributed by atoms with Crippen molar-refractivity contribution >= 4 is 21.7 Å². The molecule has 2 rings (SSSR count). The van der Waals surface area contributed by atoms with Crippen LogP contribution in [0.4, 0.5) is 5.95 Å². The first-order valence-electron chi connectivity index (χ1n) is 8.46. The number of nitrogens with zero attached hydrogens (tertiary/aromatic N) is 3. The zero-order valence-corrected chi connectivity index (χ0v) is 15.4. The third-order valence-corrected chi connectivity index (χ3v) is 5.68. The van der Waals surface area contributed by atoms with Crippen LogP contribution < -0.4 is 10.2 Å². The van der Waals surface area contributed by atoms with E-state index in [1.165, 1.54) is 0 Å². The van der Waals surface area contributed by atoms with Crippen molar-refractivity contribution in [3.05, 3.63) is 17.5 Å². The van der Waals surface area contributed by atoms with Gasteiger partial charge in [-0.15, -0.1) is 0 Å². The molecule has 1 aliphatic heterocycles. The molecule has 0 saturated carbocycles. The van der Waals surface area contributed by atoms with Gasteiger partial charge in [-0.2, -0.15) is 0 Å². The van der Waals surface area contributed by atoms with Crippen LogP contribution >= 0.6 is 0 Å². The SMILES string of the molecule is CCCN(CCC)c1nc(C)cc(C(=O)NC2CCS(=O)(=O)C2)n1. The van der Waals surface area contributed by atoms with E-state index < -0.39 is 9.84 Å². The van der Waals surface area contributed by atoms with Gasteiger partial charge in [0.15, 0.2) is 9.84 Å². The molecule has 1 aromatic heterocycles. The lowest BCUT2D eigenvalue weighted by molar-refractivity contribution is 0.0936. The minimum absolute atomic E-state index is 0.00740. The van der Waals surface area contributed by atoms with Gasteiger partial charge in [0.1, 0.15) is 5.69 Å². The molecule has 1 N–H and O–H groups in total. The van der Waals surface area contributed by atoms with Crippen molar-refractivity contribution in [2.45, 2.75) is 46.1 Å². The zero-order chi connectivity index (χ0) is 17.7. The van der Waals surface area contributed by atoms with Crippen LogP contribution in [0, 0.1) is 6.92 Å². The van der Waals surface area contributed by atoms with Gasteiger partial charge in [-0.1, -0.05) is 13.8 Å². The van der Waals surface area contributed by atoms with Gasteiger partial charge in [0.25, 0.3) is 5.91 Å². The summed E-state index contributed by atoms with van der Waals surface area (Å²) < 4.78 is 23.0. The molecule has 0 radical (unpaired) electrons. The molecule has 1 fully saturated rings. The monoisotopic (exact) mass is 354 g/mol. The van der Waals surface area contributed by atoms with Gasteiger partial charge in [0, 0.05) is 24.8 Å². The smallest absolute Gasteiger partial charge is 0.270 e. The Hall–Kier alpha value is -1.70. The average molecular weight is 354 g/mol. The van der Waals surface area contributed by atoms with Crippen molar-refractivity contribution in [3.8, 4) is 0 Å². The van der Waals surface area contributed by atoms with E-state index in [-0.39, 0.29) is 23.5 Å². The van der Waals surface area contributed by atoms with Crippen LogP contribution in [-0.2, 0) is 9.84 Å². The molecule has 1 saturated heterocycles. The Morgan fingerprint density at radius 3 is 2.50 bits per heavy atom. The van der Waals surface area contributed by atoms with Crippen LogP contribution in [0.3, 0.4) is 0 Å². The quantitative estimate of drug-likeness (QED) is 0.794. The first-order valence-corrected chi connectivity index (χ1v) is 10.3. The highest BCUT2D eigenvalue weighted by atomic mass is 32.2. The second kappa shape index (κ2) is 7.92. The number of hydrogen-bond donors (Lipinski definition) is 1. The maximum Gasteiger partial charge on any atom is 0.270 e. The van der Waals surface area contributed by atoms with Gasteiger partial charge in [-0.3, -0.25) is 4.79 Å². The van der Waals surface area contributed by atoms with Crippen LogP contribution in [-0.4, -0.2) is 54.9 Å². The Morgan fingerprint density at radius 1 is 1.29 bits per heavy atom. The molecule has 1 aromatic rings. The number of carbonyl (C=O) groups is 1. The number of anilines is 1. The van der Waals surface area contributed by atoms with Crippen LogP contribution in [0.15, 0.2) is 6.07 Å². The number of hydrogen-bond acceptors (Lipinski definition) is 6. The fourth-order valence-corrected chi connectivity index (χ4v) is 4.50. The third kappa shape index (κ3) is 4.90. The summed E-state index contributed by atoms with van der Waals surface area (Å²) in [5, 5.41) is 2.78. The summed E-state index contributed by atoms with van der Waals surface area (Å²) in [5.41, 5.74) is 1.01. The van der Waals surface area contributed by atoms with Gasteiger partial charge in [-0.25, -0.2) is 18.4 Å². The first-order chi connectivity index (χ1) is 11.3. The van der Waals surface area contributed by atoms with E-state index in [1.807, 2.05) is 6.92 Å². The summed E-state index contributed by atoms with van der Waals surface area (Å²) in [6.07, 6.45) is 2.40. The summed E-state index contributed by atoms with van der Waals surface area (Å²) >= 11 is 0. The lowest BCUT2D eigenvalue weighted by atomic mass is 10.2. The number of aryl methyl sites for hydroxylation is 1. The molecule has 1 aliphatic rings. The van der Waals surface area contributed by atoms with Crippen molar-refractivity contribution in [1.29, 1.82) is 0 Å². The van der Waals surface area contributed by atoms with Gasteiger partial charge >= 0.3 is 0 Å². The minimum Gasteiger partial charge on any atom is -0.347 e. The summed E-state index contributed by atoms with van der Waals surface area (Å²) in [6.45, 7) is 7.68. The molecular formula is C16H26N4O3S. The first kappa shape index (κ1) is 18.6. The Balaban J connectivity index is 2.16. The molecule has 0 aliphatic carbocycles. The largest absolute Gasteiger partial charge is 0.347 e. The molecule has 0 aromatic carbocycles. The van der Waals surface area contributed by atoms with Crippen molar-refractivity contribution < 1.29 is 13.2 Å². The van der Waals surface area contributed by atoms with Gasteiger partial charge < -0.3 is 10.2 Å². The lowest BCUT2D eigenvalue weighted by Gasteiger charge is -2.22. The molecule has 8 heteroatoms. The third-order valence-electron chi connectivity index (χ3n) is 3.91. The standard InChI is InChI=1S/C16H26N4O3S/c1-4-7-20(8-5-2)16-17-12(3)10-14(19-16)15(21)18-13-6-9-24(22,23)11-13/h10,13H,4-9,11H2,1-3H3,(H,18,21). The minimum atomic E-state index is -3.02. The maximum absolute atomic E-state index is 12.4. The molecule has 7 nitrogen and oxygen atoms in total. The van der Waals surface area contributed by atoms with Gasteiger partial charge in [0.2, 0.25) is 5.95 Å². The molecule has 134 valence electrons. The summed E-state index contributed by atoms with van der Waals surface area (Å²) in [6, 6.07) is 1.31. The summed E-state index contributed by atoms with van der Waals surface area (Å²) in [7, 11) is -3.02. The molecular weight excluding hydrogens is 328 g/mol. The predicted octanol–water partition coefficient (Wildman–Crippen LogP) is 1.33. The molecule has 1 unspecified atom stereocenters. The van der Waals surface area contributed by atoms with E-state index in [9.17, 15) is 13.2 Å². The van der Waals surface area contributed by atoms with E-state index in [2.05, 4.69) is 34.0 Å². The number of aromatic nitrogens is 2. The van der Waals surface area contributed by atoms with Crippen LogP contribution in [0.25, 0.3) is 0 Å². The highest BCUT2D eigenvalue weighted by Crippen LogP contribution is 2.14. The van der Waals surface area contributed by atoms with Gasteiger partial charge in [0.05, 0.1) is 11.5 Å². The fraction of sp³-hybridized carbons (Fsp3) is 0.688. The number of sulfone groups is 1. The molecule has 2 heterocycles. The Kier molecular flexibility index (Phi) is 6.15. The van der Waals surface area contributed by atoms with E-state index in [0.717, 1.165) is 31.6 Å². The number of carbonyl (C=O) groups excluding carboxylic acids is 1. The molecule has 0 bridgehead atoms. The highest BCUT2D eigenvalue weighted by Gasteiger charge is 2.29. The normalized spacial score (nSPS) is 19.2. The second-order valence-electron chi connectivity index (χ2n) is 6.26. The average Bonchev–Trinajstić information content (AvgIpc) is 2.85. The molecule has 1 amide bonds. The number of nitrogens with one attached hydrogen (secondary N) is 1. The molecule has 0 spiro atoms. The molecule has 24 heavy (non-hydrogen) atoms. The Bertz CT molecular complexity index is 685. The van der Waals surface area contributed by atoms with Crippen LogP contribution in [0.5, 0.6) is 0 Å². The van der Waals surface area contributed by atoms with Crippen molar-refractivity contribution in [3.63, 3.8) is 0 Å². The second-order valence-corrected chi connectivity index (χ2v) is 8.48. The zero-order valence-electron chi connectivity index (χ0n) is 14.6. The van der Waals surface area contributed by atoms with Crippen LogP contribution in [0.2, 0.25) is 0 Å². The van der Waals surface area contributed by atoms with Crippen molar-refractivity contribution in [1.82, 2.24) is 15.3 Å². The summed E-state index contributed by atoms with van der Waals surface area (Å²) in [5.74, 6) is 0.361. The highest BCUT2D eigenvalue weighted by molar-refractivity contribution is 7.91. The van der Waals surface area contributed by atoms with E-state index >= 15 is 0 Å². The van der Waals surface area contributed by atoms with Crippen LogP contribution in [0.1, 0.15) is 49.3 Å². The lowest BCUT2D eigenvalue weighted by Crippen LogP contribution is -2.36.